The third kappa shape index (κ3) is 3.45. The monoisotopic (exact) mass is 376 g/mol. The van der Waals surface area contributed by atoms with Crippen molar-refractivity contribution in [3.8, 4) is 5.69 Å². The van der Waals surface area contributed by atoms with Crippen molar-refractivity contribution < 1.29 is 9.72 Å². The molecule has 0 spiro atoms. The first kappa shape index (κ1) is 17.4. The molecule has 0 saturated carbocycles. The summed E-state index contributed by atoms with van der Waals surface area (Å²) in [7, 11) is 0. The molecule has 2 aromatic heterocycles. The molecule has 0 bridgehead atoms. The summed E-state index contributed by atoms with van der Waals surface area (Å²) in [5.41, 5.74) is 2.22. The van der Waals surface area contributed by atoms with E-state index in [2.05, 4.69) is 20.3 Å². The molecule has 0 aliphatic carbocycles. The predicted molar refractivity (Wildman–Crippen MR) is 102 cm³/mol. The molecule has 0 aliphatic heterocycles. The second-order valence-corrected chi connectivity index (χ2v) is 6.14. The van der Waals surface area contributed by atoms with Gasteiger partial charge >= 0.3 is 0 Å². The average molecular weight is 376 g/mol. The van der Waals surface area contributed by atoms with Crippen molar-refractivity contribution in [1.82, 2.24) is 24.8 Å². The van der Waals surface area contributed by atoms with Crippen LogP contribution in [0, 0.1) is 10.1 Å². The number of hydrogen-bond donors (Lipinski definition) is 2. The van der Waals surface area contributed by atoms with Crippen LogP contribution in [0.25, 0.3) is 16.7 Å². The molecule has 2 aromatic carbocycles. The number of nitro benzene ring substituents is 1. The fourth-order valence-electron chi connectivity index (χ4n) is 2.95. The molecule has 4 rings (SSSR count). The first-order valence-corrected chi connectivity index (χ1v) is 8.60. The highest BCUT2D eigenvalue weighted by molar-refractivity contribution is 5.95. The molecule has 9 nitrogen and oxygen atoms in total. The van der Waals surface area contributed by atoms with E-state index in [1.165, 1.54) is 29.2 Å². The number of amides is 1. The lowest BCUT2D eigenvalue weighted by Gasteiger charge is -2.07. The summed E-state index contributed by atoms with van der Waals surface area (Å²) in [6.45, 7) is 0.357. The second kappa shape index (κ2) is 7.31. The van der Waals surface area contributed by atoms with Gasteiger partial charge in [0.25, 0.3) is 11.6 Å². The molecular formula is C19H16N6O3. The van der Waals surface area contributed by atoms with Crippen LogP contribution in [0.3, 0.4) is 0 Å². The number of nitrogens with one attached hydrogen (secondary N) is 2. The quantitative estimate of drug-likeness (QED) is 0.396. The zero-order chi connectivity index (χ0) is 19.5. The summed E-state index contributed by atoms with van der Waals surface area (Å²) < 4.78 is 1.53. The molecule has 0 unspecified atom stereocenters. The molecule has 0 saturated heterocycles. The van der Waals surface area contributed by atoms with E-state index in [0.717, 1.165) is 16.9 Å². The Morgan fingerprint density at radius 1 is 1.25 bits per heavy atom. The Kier molecular flexibility index (Phi) is 4.55. The van der Waals surface area contributed by atoms with E-state index in [1.807, 2.05) is 24.3 Å². The van der Waals surface area contributed by atoms with Crippen LogP contribution in [0.1, 0.15) is 16.2 Å². The van der Waals surface area contributed by atoms with E-state index in [4.69, 9.17) is 0 Å². The van der Waals surface area contributed by atoms with Gasteiger partial charge in [0.05, 0.1) is 22.3 Å². The molecule has 0 atom stereocenters. The summed E-state index contributed by atoms with van der Waals surface area (Å²) in [6, 6.07) is 12.0. The van der Waals surface area contributed by atoms with Gasteiger partial charge in [-0.1, -0.05) is 12.1 Å². The maximum Gasteiger partial charge on any atom is 0.294 e. The highest BCUT2D eigenvalue weighted by atomic mass is 16.6. The number of H-pyrrole nitrogens is 1. The molecular weight excluding hydrogens is 360 g/mol. The third-order valence-corrected chi connectivity index (χ3v) is 4.30. The van der Waals surface area contributed by atoms with Crippen LogP contribution in [0.5, 0.6) is 0 Å². The Balaban J connectivity index is 1.45. The predicted octanol–water partition coefficient (Wildman–Crippen LogP) is 2.63. The number of imidazole rings is 2. The lowest BCUT2D eigenvalue weighted by molar-refractivity contribution is -0.384. The maximum atomic E-state index is 12.4. The molecule has 28 heavy (non-hydrogen) atoms. The summed E-state index contributed by atoms with van der Waals surface area (Å²) in [4.78, 5) is 34.8. The molecule has 140 valence electrons. The summed E-state index contributed by atoms with van der Waals surface area (Å²) >= 11 is 0. The molecule has 1 amide bonds. The van der Waals surface area contributed by atoms with Gasteiger partial charge in [-0.25, -0.2) is 9.97 Å². The highest BCUT2D eigenvalue weighted by Crippen LogP contribution is 2.24. The van der Waals surface area contributed by atoms with Crippen LogP contribution in [-0.2, 0) is 6.42 Å². The zero-order valence-corrected chi connectivity index (χ0v) is 14.7. The Hall–Kier alpha value is -4.01. The molecule has 0 fully saturated rings. The smallest absolute Gasteiger partial charge is 0.294 e. The standard InChI is InChI=1S/C19H16N6O3/c26-19(21-8-7-18-22-14-3-1-2-4-15(14)23-18)13-5-6-16(17(11-13)25(27)28)24-10-9-20-12-24/h1-6,9-12H,7-8H2,(H,21,26)(H,22,23). The first-order chi connectivity index (χ1) is 13.6. The molecule has 0 aliphatic rings. The van der Waals surface area contributed by atoms with Crippen molar-refractivity contribution >= 4 is 22.6 Å². The minimum atomic E-state index is -0.513. The van der Waals surface area contributed by atoms with Crippen molar-refractivity contribution in [2.75, 3.05) is 6.54 Å². The van der Waals surface area contributed by atoms with Gasteiger partial charge in [0, 0.05) is 37.0 Å². The van der Waals surface area contributed by atoms with Crippen LogP contribution < -0.4 is 5.32 Å². The number of rotatable bonds is 6. The Labute approximate surface area is 159 Å². The summed E-state index contributed by atoms with van der Waals surface area (Å²) in [6.07, 6.45) is 5.13. The van der Waals surface area contributed by atoms with Gasteiger partial charge in [-0.05, 0) is 24.3 Å². The number of carbonyl (C=O) groups excluding carboxylic acids is 1. The SMILES string of the molecule is O=C(NCCc1nc2ccccc2[nH]1)c1ccc(-n2ccnc2)c([N+](=O)[O-])c1. The van der Waals surface area contributed by atoms with Crippen LogP contribution in [-0.4, -0.2) is 36.9 Å². The summed E-state index contributed by atoms with van der Waals surface area (Å²) in [5, 5.41) is 14.2. The van der Waals surface area contributed by atoms with E-state index in [1.54, 1.807) is 12.3 Å². The van der Waals surface area contributed by atoms with E-state index in [9.17, 15) is 14.9 Å². The minimum Gasteiger partial charge on any atom is -0.352 e. The van der Waals surface area contributed by atoms with E-state index in [0.29, 0.717) is 18.7 Å². The lowest BCUT2D eigenvalue weighted by atomic mass is 10.1. The van der Waals surface area contributed by atoms with Crippen molar-refractivity contribution in [1.29, 1.82) is 0 Å². The normalized spacial score (nSPS) is 10.9. The van der Waals surface area contributed by atoms with Crippen molar-refractivity contribution in [2.24, 2.45) is 0 Å². The average Bonchev–Trinajstić information content (AvgIpc) is 3.36. The van der Waals surface area contributed by atoms with E-state index in [-0.39, 0.29) is 17.2 Å². The number of para-hydroxylation sites is 2. The van der Waals surface area contributed by atoms with Crippen molar-refractivity contribution in [3.63, 3.8) is 0 Å². The van der Waals surface area contributed by atoms with Gasteiger partial charge in [-0.3, -0.25) is 14.9 Å². The van der Waals surface area contributed by atoms with Crippen molar-refractivity contribution in [3.05, 3.63) is 82.7 Å². The largest absolute Gasteiger partial charge is 0.352 e. The van der Waals surface area contributed by atoms with Crippen LogP contribution in [0.15, 0.2) is 61.2 Å². The number of carbonyl (C=O) groups is 1. The number of aromatic nitrogens is 4. The number of nitro groups is 1. The van der Waals surface area contributed by atoms with Gasteiger partial charge in [-0.2, -0.15) is 0 Å². The fourth-order valence-corrected chi connectivity index (χ4v) is 2.95. The lowest BCUT2D eigenvalue weighted by Crippen LogP contribution is -2.26. The Bertz CT molecular complexity index is 1120. The van der Waals surface area contributed by atoms with E-state index >= 15 is 0 Å². The zero-order valence-electron chi connectivity index (χ0n) is 14.7. The Morgan fingerprint density at radius 3 is 2.86 bits per heavy atom. The highest BCUT2D eigenvalue weighted by Gasteiger charge is 2.18. The van der Waals surface area contributed by atoms with Gasteiger partial charge in [0.1, 0.15) is 11.5 Å². The number of hydrogen-bond acceptors (Lipinski definition) is 5. The van der Waals surface area contributed by atoms with Crippen LogP contribution in [0.4, 0.5) is 5.69 Å². The van der Waals surface area contributed by atoms with E-state index < -0.39 is 4.92 Å². The van der Waals surface area contributed by atoms with Crippen LogP contribution >= 0.6 is 0 Å². The molecule has 4 aromatic rings. The minimum absolute atomic E-state index is 0.164. The number of fused-ring (bicyclic) bond motifs is 1. The van der Waals surface area contributed by atoms with Gasteiger partial charge < -0.3 is 14.9 Å². The second-order valence-electron chi connectivity index (χ2n) is 6.14. The van der Waals surface area contributed by atoms with Gasteiger partial charge in [0.2, 0.25) is 0 Å². The maximum absolute atomic E-state index is 12.4. The topological polar surface area (TPSA) is 119 Å². The molecule has 0 radical (unpaired) electrons. The molecule has 9 heteroatoms. The van der Waals surface area contributed by atoms with Gasteiger partial charge in [-0.15, -0.1) is 0 Å². The number of nitrogens with zero attached hydrogens (tertiary/aromatic N) is 4. The van der Waals surface area contributed by atoms with Crippen molar-refractivity contribution in [2.45, 2.75) is 6.42 Å². The number of aromatic amines is 1. The third-order valence-electron chi connectivity index (χ3n) is 4.30. The number of benzene rings is 2. The molecule has 2 N–H and O–H groups in total. The fraction of sp³-hybridized carbons (Fsp3) is 0.105. The Morgan fingerprint density at radius 2 is 2.11 bits per heavy atom. The van der Waals surface area contributed by atoms with Crippen LogP contribution in [0.2, 0.25) is 0 Å². The van der Waals surface area contributed by atoms with Gasteiger partial charge in [0.15, 0.2) is 0 Å². The first-order valence-electron chi connectivity index (χ1n) is 8.60. The molecule has 2 heterocycles. The summed E-state index contributed by atoms with van der Waals surface area (Å²) in [5.74, 6) is 0.388.